The molecule has 0 radical (unpaired) electrons. The van der Waals surface area contributed by atoms with Crippen molar-refractivity contribution >= 4 is 23.9 Å². The number of carbonyl (C=O) groups excluding carboxylic acids is 3. The topological polar surface area (TPSA) is 76.2 Å². The van der Waals surface area contributed by atoms with Crippen LogP contribution in [0.1, 0.15) is 24.2 Å². The minimum Gasteiger partial charge on any atom is -0.493 e. The molecule has 2 aromatic rings. The highest BCUT2D eigenvalue weighted by Crippen LogP contribution is 2.33. The maximum absolute atomic E-state index is 12.4. The lowest BCUT2D eigenvalue weighted by atomic mass is 10.1. The van der Waals surface area contributed by atoms with Gasteiger partial charge in [-0.15, -0.1) is 0 Å². The minimum absolute atomic E-state index is 0.0945. The molecule has 1 fully saturated rings. The lowest BCUT2D eigenvalue weighted by Gasteiger charge is -2.28. The van der Waals surface area contributed by atoms with Gasteiger partial charge in [0.05, 0.1) is 7.11 Å². The molecule has 7 nitrogen and oxygen atoms in total. The Hall–Kier alpha value is -3.61. The van der Waals surface area contributed by atoms with Gasteiger partial charge in [0.15, 0.2) is 11.5 Å². The van der Waals surface area contributed by atoms with Crippen LogP contribution in [0.25, 0.3) is 6.08 Å². The minimum atomic E-state index is -0.659. The molecule has 0 bridgehead atoms. The first kappa shape index (κ1) is 20.1. The molecular formula is C22H22N2O5. The standard InChI is InChI=1S/C22H22N2O5/c1-14(16-8-6-5-7-9-16)29-18-11-10-15(13-19(18)28-4)12-17-20(25)23(2)22(27)24(3)21(17)26/h5-14H,1-4H3. The monoisotopic (exact) mass is 394 g/mol. The van der Waals surface area contributed by atoms with E-state index < -0.39 is 17.8 Å². The Morgan fingerprint density at radius 1 is 0.897 bits per heavy atom. The van der Waals surface area contributed by atoms with Crippen LogP contribution < -0.4 is 9.47 Å². The van der Waals surface area contributed by atoms with Crippen LogP contribution in [0.2, 0.25) is 0 Å². The highest BCUT2D eigenvalue weighted by atomic mass is 16.5. The van der Waals surface area contributed by atoms with Crippen molar-refractivity contribution < 1.29 is 23.9 Å². The Labute approximate surface area is 169 Å². The number of rotatable bonds is 5. The number of hydrogen-bond donors (Lipinski definition) is 0. The zero-order chi connectivity index (χ0) is 21.1. The van der Waals surface area contributed by atoms with Gasteiger partial charge >= 0.3 is 6.03 Å². The molecule has 1 saturated heterocycles. The molecule has 150 valence electrons. The van der Waals surface area contributed by atoms with Crippen LogP contribution >= 0.6 is 0 Å². The average Bonchev–Trinajstić information content (AvgIpc) is 2.75. The van der Waals surface area contributed by atoms with E-state index in [2.05, 4.69) is 0 Å². The Morgan fingerprint density at radius 2 is 1.52 bits per heavy atom. The summed E-state index contributed by atoms with van der Waals surface area (Å²) in [5, 5.41) is 0. The van der Waals surface area contributed by atoms with Crippen LogP contribution in [0.4, 0.5) is 4.79 Å². The van der Waals surface area contributed by atoms with Crippen LogP contribution in [-0.4, -0.2) is 48.9 Å². The van der Waals surface area contributed by atoms with Gasteiger partial charge in [-0.2, -0.15) is 0 Å². The van der Waals surface area contributed by atoms with Crippen molar-refractivity contribution in [1.29, 1.82) is 0 Å². The fraction of sp³-hybridized carbons (Fsp3) is 0.227. The number of benzene rings is 2. The summed E-state index contributed by atoms with van der Waals surface area (Å²) < 4.78 is 11.4. The summed E-state index contributed by atoms with van der Waals surface area (Å²) in [5.74, 6) is -0.280. The fourth-order valence-corrected chi connectivity index (χ4v) is 3.00. The van der Waals surface area contributed by atoms with Crippen molar-refractivity contribution in [3.05, 3.63) is 65.2 Å². The van der Waals surface area contributed by atoms with E-state index in [4.69, 9.17) is 9.47 Å². The molecule has 0 aromatic heterocycles. The number of barbiturate groups is 1. The van der Waals surface area contributed by atoms with Crippen molar-refractivity contribution in [1.82, 2.24) is 9.80 Å². The lowest BCUT2D eigenvalue weighted by Crippen LogP contribution is -2.52. The second-order valence-corrected chi connectivity index (χ2v) is 6.65. The zero-order valence-corrected chi connectivity index (χ0v) is 16.7. The molecule has 0 saturated carbocycles. The SMILES string of the molecule is COc1cc(C=C2C(=O)N(C)C(=O)N(C)C2=O)ccc1OC(C)c1ccccc1. The van der Waals surface area contributed by atoms with E-state index in [1.54, 1.807) is 18.2 Å². The highest BCUT2D eigenvalue weighted by molar-refractivity contribution is 6.30. The van der Waals surface area contributed by atoms with E-state index in [-0.39, 0.29) is 11.7 Å². The average molecular weight is 394 g/mol. The Bertz CT molecular complexity index is 958. The Balaban J connectivity index is 1.89. The molecular weight excluding hydrogens is 372 g/mol. The van der Waals surface area contributed by atoms with E-state index in [1.165, 1.54) is 27.3 Å². The van der Waals surface area contributed by atoms with Crippen LogP contribution in [0.3, 0.4) is 0 Å². The first-order chi connectivity index (χ1) is 13.8. The van der Waals surface area contributed by atoms with Crippen LogP contribution in [-0.2, 0) is 9.59 Å². The molecule has 3 rings (SSSR count). The molecule has 0 aliphatic carbocycles. The molecule has 4 amide bonds. The van der Waals surface area contributed by atoms with E-state index in [0.717, 1.165) is 15.4 Å². The van der Waals surface area contributed by atoms with Gasteiger partial charge in [0.2, 0.25) is 0 Å². The zero-order valence-electron chi connectivity index (χ0n) is 16.7. The first-order valence-electron chi connectivity index (χ1n) is 9.05. The predicted molar refractivity (Wildman–Crippen MR) is 107 cm³/mol. The second-order valence-electron chi connectivity index (χ2n) is 6.65. The summed E-state index contributed by atoms with van der Waals surface area (Å²) in [6, 6.07) is 14.2. The third-order valence-electron chi connectivity index (χ3n) is 4.72. The number of urea groups is 1. The number of nitrogens with zero attached hydrogens (tertiary/aromatic N) is 2. The van der Waals surface area contributed by atoms with Gasteiger partial charge in [-0.25, -0.2) is 4.79 Å². The van der Waals surface area contributed by atoms with E-state index in [1.807, 2.05) is 37.3 Å². The van der Waals surface area contributed by atoms with Crippen molar-refractivity contribution in [3.8, 4) is 11.5 Å². The van der Waals surface area contributed by atoms with Gasteiger partial charge in [0.25, 0.3) is 11.8 Å². The normalized spacial score (nSPS) is 15.4. The quantitative estimate of drug-likeness (QED) is 0.575. The molecule has 1 atom stereocenters. The van der Waals surface area contributed by atoms with Crippen LogP contribution in [0.15, 0.2) is 54.1 Å². The molecule has 29 heavy (non-hydrogen) atoms. The van der Waals surface area contributed by atoms with Gasteiger partial charge in [0, 0.05) is 14.1 Å². The maximum Gasteiger partial charge on any atom is 0.333 e. The summed E-state index contributed by atoms with van der Waals surface area (Å²) in [4.78, 5) is 38.4. The molecule has 0 N–H and O–H groups in total. The van der Waals surface area contributed by atoms with Gasteiger partial charge < -0.3 is 9.47 Å². The predicted octanol–water partition coefficient (Wildman–Crippen LogP) is 3.27. The number of amides is 4. The van der Waals surface area contributed by atoms with Gasteiger partial charge in [-0.1, -0.05) is 36.4 Å². The first-order valence-corrected chi connectivity index (χ1v) is 9.05. The van der Waals surface area contributed by atoms with Gasteiger partial charge in [-0.3, -0.25) is 19.4 Å². The highest BCUT2D eigenvalue weighted by Gasteiger charge is 2.37. The van der Waals surface area contributed by atoms with Crippen molar-refractivity contribution in [2.75, 3.05) is 21.2 Å². The third-order valence-corrected chi connectivity index (χ3v) is 4.72. The molecule has 1 heterocycles. The van der Waals surface area contributed by atoms with Crippen LogP contribution in [0, 0.1) is 0 Å². The number of imide groups is 2. The molecule has 2 aromatic carbocycles. The maximum atomic E-state index is 12.4. The molecule has 0 spiro atoms. The fourth-order valence-electron chi connectivity index (χ4n) is 3.00. The molecule has 7 heteroatoms. The van der Waals surface area contributed by atoms with E-state index >= 15 is 0 Å². The number of ether oxygens (including phenoxy) is 2. The molecule has 1 aliphatic rings. The Morgan fingerprint density at radius 3 is 2.10 bits per heavy atom. The summed E-state index contributed by atoms with van der Waals surface area (Å²) in [5.41, 5.74) is 1.51. The van der Waals surface area contributed by atoms with E-state index in [0.29, 0.717) is 17.1 Å². The van der Waals surface area contributed by atoms with Crippen molar-refractivity contribution in [2.45, 2.75) is 13.0 Å². The summed E-state index contributed by atoms with van der Waals surface area (Å²) >= 11 is 0. The smallest absolute Gasteiger partial charge is 0.333 e. The molecule has 1 unspecified atom stereocenters. The van der Waals surface area contributed by atoms with Gasteiger partial charge in [-0.05, 0) is 36.3 Å². The summed E-state index contributed by atoms with van der Waals surface area (Å²) in [7, 11) is 4.19. The third kappa shape index (κ3) is 3.99. The van der Waals surface area contributed by atoms with Crippen molar-refractivity contribution in [3.63, 3.8) is 0 Å². The van der Waals surface area contributed by atoms with E-state index in [9.17, 15) is 14.4 Å². The number of likely N-dealkylation sites (N-methyl/N-ethyl adjacent to an activating group) is 2. The number of hydrogen-bond acceptors (Lipinski definition) is 5. The summed E-state index contributed by atoms with van der Waals surface area (Å²) in [6.07, 6.45) is 1.25. The lowest BCUT2D eigenvalue weighted by molar-refractivity contribution is -0.134. The van der Waals surface area contributed by atoms with Crippen LogP contribution in [0.5, 0.6) is 11.5 Å². The Kier molecular flexibility index (Phi) is 5.68. The van der Waals surface area contributed by atoms with Crippen molar-refractivity contribution in [2.24, 2.45) is 0 Å². The molecule has 1 aliphatic heterocycles. The largest absolute Gasteiger partial charge is 0.493 e. The number of carbonyl (C=O) groups is 3. The summed E-state index contributed by atoms with van der Waals surface area (Å²) in [6.45, 7) is 1.94. The van der Waals surface area contributed by atoms with Gasteiger partial charge in [0.1, 0.15) is 11.7 Å². The second kappa shape index (κ2) is 8.18. The number of methoxy groups -OCH3 is 1.